The summed E-state index contributed by atoms with van der Waals surface area (Å²) in [6, 6.07) is 7.80. The number of H-pyrrole nitrogens is 1. The molecule has 3 aromatic rings. The molecule has 0 radical (unpaired) electrons. The van der Waals surface area contributed by atoms with Crippen LogP contribution in [0.15, 0.2) is 29.1 Å². The van der Waals surface area contributed by atoms with Crippen molar-refractivity contribution in [2.75, 3.05) is 6.54 Å². The lowest BCUT2D eigenvalue weighted by atomic mass is 9.82. The number of aromatic nitrogens is 3. The molecule has 0 spiro atoms. The largest absolute Gasteiger partial charge is 0.354 e. The standard InChI is InChI=1S/C21H27N5O2/c1-14-17-18(25-24-14)15-8-3-4-9-16(15)26(19(17)27)13-7-12-23-20(28)21(22)10-5-2-6-11-21/h3-4,8-9H,2,5-7,10-13,22H2,1H3,(H,23,28)(H,24,25). The van der Waals surface area contributed by atoms with Crippen molar-refractivity contribution in [3.63, 3.8) is 0 Å². The van der Waals surface area contributed by atoms with E-state index in [1.807, 2.05) is 31.2 Å². The van der Waals surface area contributed by atoms with Gasteiger partial charge in [0.2, 0.25) is 5.91 Å². The molecule has 2 heterocycles. The number of nitrogens with two attached hydrogens (primary N) is 1. The van der Waals surface area contributed by atoms with Crippen LogP contribution < -0.4 is 16.6 Å². The van der Waals surface area contributed by atoms with E-state index in [9.17, 15) is 9.59 Å². The van der Waals surface area contributed by atoms with Crippen LogP contribution in [-0.4, -0.2) is 32.8 Å². The molecular formula is C21H27N5O2. The SMILES string of the molecule is Cc1[nH]nc2c1c(=O)n(CCCNC(=O)C1(N)CCCCC1)c1ccccc21. The number of aromatic amines is 1. The van der Waals surface area contributed by atoms with Crippen LogP contribution in [0.25, 0.3) is 21.8 Å². The summed E-state index contributed by atoms with van der Waals surface area (Å²) in [6.07, 6.45) is 5.33. The van der Waals surface area contributed by atoms with E-state index in [1.165, 1.54) is 0 Å². The minimum absolute atomic E-state index is 0.0474. The zero-order valence-corrected chi connectivity index (χ0v) is 16.3. The van der Waals surface area contributed by atoms with E-state index in [-0.39, 0.29) is 11.5 Å². The van der Waals surface area contributed by atoms with Gasteiger partial charge in [0.05, 0.1) is 16.4 Å². The normalized spacial score (nSPS) is 16.5. The highest BCUT2D eigenvalue weighted by Gasteiger charge is 2.34. The van der Waals surface area contributed by atoms with Gasteiger partial charge in [-0.3, -0.25) is 14.7 Å². The highest BCUT2D eigenvalue weighted by atomic mass is 16.2. The number of nitrogens with zero attached hydrogens (tertiary/aromatic N) is 2. The number of fused-ring (bicyclic) bond motifs is 3. The Bertz CT molecular complexity index is 1080. The molecule has 1 aliphatic carbocycles. The summed E-state index contributed by atoms with van der Waals surface area (Å²) >= 11 is 0. The molecule has 0 unspecified atom stereocenters. The van der Waals surface area contributed by atoms with Crippen LogP contribution in [-0.2, 0) is 11.3 Å². The lowest BCUT2D eigenvalue weighted by Crippen LogP contribution is -2.55. The number of nitrogens with one attached hydrogen (secondary N) is 2. The maximum atomic E-state index is 13.0. The van der Waals surface area contributed by atoms with Crippen LogP contribution in [0.3, 0.4) is 0 Å². The Balaban J connectivity index is 1.52. The van der Waals surface area contributed by atoms with E-state index in [4.69, 9.17) is 5.73 Å². The van der Waals surface area contributed by atoms with E-state index in [1.54, 1.807) is 4.57 Å². The Morgan fingerprint density at radius 1 is 1.29 bits per heavy atom. The Morgan fingerprint density at radius 2 is 2.04 bits per heavy atom. The molecule has 1 amide bonds. The van der Waals surface area contributed by atoms with Crippen molar-refractivity contribution in [2.24, 2.45) is 5.73 Å². The summed E-state index contributed by atoms with van der Waals surface area (Å²) in [4.78, 5) is 25.5. The van der Waals surface area contributed by atoms with Crippen LogP contribution in [0.4, 0.5) is 0 Å². The van der Waals surface area contributed by atoms with E-state index in [0.29, 0.717) is 30.4 Å². The number of benzene rings is 1. The van der Waals surface area contributed by atoms with Gasteiger partial charge in [0.25, 0.3) is 5.56 Å². The summed E-state index contributed by atoms with van der Waals surface area (Å²) < 4.78 is 1.78. The lowest BCUT2D eigenvalue weighted by Gasteiger charge is -2.31. The number of para-hydroxylation sites is 1. The molecule has 0 aliphatic heterocycles. The van der Waals surface area contributed by atoms with Gasteiger partial charge >= 0.3 is 0 Å². The van der Waals surface area contributed by atoms with Crippen molar-refractivity contribution in [3.8, 4) is 0 Å². The monoisotopic (exact) mass is 381 g/mol. The fourth-order valence-electron chi connectivity index (χ4n) is 4.29. The molecule has 4 rings (SSSR count). The minimum atomic E-state index is -0.728. The van der Waals surface area contributed by atoms with Crippen molar-refractivity contribution in [1.82, 2.24) is 20.1 Å². The molecule has 28 heavy (non-hydrogen) atoms. The Morgan fingerprint density at radius 3 is 2.82 bits per heavy atom. The second-order valence-electron chi connectivity index (χ2n) is 7.87. The number of aryl methyl sites for hydroxylation is 2. The Hall–Kier alpha value is -2.67. The summed E-state index contributed by atoms with van der Waals surface area (Å²) in [6.45, 7) is 2.89. The molecule has 0 saturated heterocycles. The second kappa shape index (κ2) is 7.39. The third-order valence-electron chi connectivity index (χ3n) is 5.90. The van der Waals surface area contributed by atoms with Crippen molar-refractivity contribution < 1.29 is 4.79 Å². The first-order chi connectivity index (χ1) is 13.5. The van der Waals surface area contributed by atoms with Gasteiger partial charge < -0.3 is 15.6 Å². The van der Waals surface area contributed by atoms with Crippen LogP contribution in [0.5, 0.6) is 0 Å². The summed E-state index contributed by atoms with van der Waals surface area (Å²) in [5.41, 5.74) is 7.86. The second-order valence-corrected chi connectivity index (χ2v) is 7.87. The van der Waals surface area contributed by atoms with Gasteiger partial charge in [0.1, 0.15) is 5.52 Å². The Kier molecular flexibility index (Phi) is 4.93. The first-order valence-electron chi connectivity index (χ1n) is 10.0. The molecule has 148 valence electrons. The van der Waals surface area contributed by atoms with Gasteiger partial charge in [-0.2, -0.15) is 5.10 Å². The lowest BCUT2D eigenvalue weighted by molar-refractivity contribution is -0.127. The van der Waals surface area contributed by atoms with Crippen LogP contribution >= 0.6 is 0 Å². The molecule has 7 nitrogen and oxygen atoms in total. The molecule has 0 bridgehead atoms. The number of pyridine rings is 1. The highest BCUT2D eigenvalue weighted by Crippen LogP contribution is 2.26. The molecule has 4 N–H and O–H groups in total. The molecule has 1 aromatic carbocycles. The van der Waals surface area contributed by atoms with Crippen LogP contribution in [0.1, 0.15) is 44.2 Å². The molecule has 1 aliphatic rings. The van der Waals surface area contributed by atoms with Crippen LogP contribution in [0.2, 0.25) is 0 Å². The van der Waals surface area contributed by atoms with E-state index in [2.05, 4.69) is 15.5 Å². The first-order valence-corrected chi connectivity index (χ1v) is 10.0. The highest BCUT2D eigenvalue weighted by molar-refractivity contribution is 6.03. The average Bonchev–Trinajstić information content (AvgIpc) is 3.10. The van der Waals surface area contributed by atoms with Crippen molar-refractivity contribution in [3.05, 3.63) is 40.3 Å². The van der Waals surface area contributed by atoms with Gasteiger partial charge in [-0.25, -0.2) is 0 Å². The number of carbonyl (C=O) groups excluding carboxylic acids is 1. The molecule has 7 heteroatoms. The number of rotatable bonds is 5. The third kappa shape index (κ3) is 3.20. The molecule has 2 aromatic heterocycles. The summed E-state index contributed by atoms with van der Waals surface area (Å²) in [7, 11) is 0. The van der Waals surface area contributed by atoms with Gasteiger partial charge in [-0.1, -0.05) is 37.5 Å². The third-order valence-corrected chi connectivity index (χ3v) is 5.90. The van der Waals surface area contributed by atoms with Crippen LogP contribution in [0, 0.1) is 6.92 Å². The van der Waals surface area contributed by atoms with Gasteiger partial charge in [-0.05, 0) is 32.3 Å². The number of amides is 1. The fraction of sp³-hybridized carbons (Fsp3) is 0.476. The molecule has 0 atom stereocenters. The number of hydrogen-bond donors (Lipinski definition) is 3. The van der Waals surface area contributed by atoms with Crippen molar-refractivity contribution in [2.45, 2.75) is 57.5 Å². The van der Waals surface area contributed by atoms with Crippen molar-refractivity contribution >= 4 is 27.7 Å². The predicted octanol–water partition coefficient (Wildman–Crippen LogP) is 2.35. The average molecular weight is 381 g/mol. The fourth-order valence-corrected chi connectivity index (χ4v) is 4.29. The molecular weight excluding hydrogens is 354 g/mol. The quantitative estimate of drug-likeness (QED) is 0.590. The first kappa shape index (κ1) is 18.7. The minimum Gasteiger partial charge on any atom is -0.354 e. The number of carbonyl (C=O) groups is 1. The summed E-state index contributed by atoms with van der Waals surface area (Å²) in [5, 5.41) is 11.8. The predicted molar refractivity (Wildman–Crippen MR) is 110 cm³/mol. The van der Waals surface area contributed by atoms with E-state index >= 15 is 0 Å². The maximum Gasteiger partial charge on any atom is 0.262 e. The maximum absolute atomic E-state index is 13.0. The Labute approximate surface area is 163 Å². The number of hydrogen-bond acceptors (Lipinski definition) is 4. The van der Waals surface area contributed by atoms with E-state index < -0.39 is 5.54 Å². The van der Waals surface area contributed by atoms with Crippen molar-refractivity contribution in [1.29, 1.82) is 0 Å². The smallest absolute Gasteiger partial charge is 0.262 e. The van der Waals surface area contributed by atoms with Gasteiger partial charge in [-0.15, -0.1) is 0 Å². The summed E-state index contributed by atoms with van der Waals surface area (Å²) in [5.74, 6) is -0.0643. The molecule has 1 saturated carbocycles. The topological polar surface area (TPSA) is 106 Å². The van der Waals surface area contributed by atoms with Gasteiger partial charge in [0.15, 0.2) is 0 Å². The van der Waals surface area contributed by atoms with E-state index in [0.717, 1.165) is 48.7 Å². The molecule has 1 fully saturated rings. The zero-order valence-electron chi connectivity index (χ0n) is 16.3. The zero-order chi connectivity index (χ0) is 19.7. The van der Waals surface area contributed by atoms with Gasteiger partial charge in [0, 0.05) is 24.2 Å².